The molecular weight excluding hydrogens is 991 g/mol. The highest BCUT2D eigenvalue weighted by Gasteiger charge is 2.57. The Morgan fingerprint density at radius 3 is 1.57 bits per heavy atom. The molecule has 2 aliphatic rings. The predicted octanol–water partition coefficient (Wildman–Crippen LogP) is 9.65. The van der Waals surface area contributed by atoms with Gasteiger partial charge < -0.3 is 24.4 Å². The largest absolute Gasteiger partial charge is 0.534 e. The Morgan fingerprint density at radius 1 is 0.722 bits per heavy atom. The summed E-state index contributed by atoms with van der Waals surface area (Å²) in [6, 6.07) is 54.1. The molecule has 7 aromatic rings. The molecule has 1 fully saturated rings. The first-order valence-electron chi connectivity index (χ1n) is 22.2. The van der Waals surface area contributed by atoms with E-state index in [1.54, 1.807) is 0 Å². The standard InChI is InChI=1S/C53H41ClF3N5O8S2/c1-68-49(65)45-41(69-72(66,67)53(55,56)57)33-32-40-42(48(64)62(40)45)58-47(63)44(61-70-52(37-26-14-5-15-27-37,38-28-16-6-17-29-38)39-30-18-7-19-31-39)43-46(54)71-50(59-43)60-51(34-20-8-2-9-21-34,35-22-10-3-11-23-35)36-24-12-4-13-25-36/h2-31,40,42H,32-33H2,1H3,(H,58,63)(H,59,60)/t40-,42+/m1/s1. The van der Waals surface area contributed by atoms with Gasteiger partial charge in [-0.15, -0.1) is 0 Å². The number of anilines is 1. The minimum atomic E-state index is -6.25. The zero-order chi connectivity index (χ0) is 50.7. The molecule has 366 valence electrons. The summed E-state index contributed by atoms with van der Waals surface area (Å²) in [7, 11) is -5.35. The van der Waals surface area contributed by atoms with Gasteiger partial charge in [-0.3, -0.25) is 14.5 Å². The molecule has 9 rings (SSSR count). The zero-order valence-corrected chi connectivity index (χ0v) is 40.2. The second kappa shape index (κ2) is 20.1. The van der Waals surface area contributed by atoms with Crippen LogP contribution in [0.1, 0.15) is 51.9 Å². The van der Waals surface area contributed by atoms with Crippen molar-refractivity contribution in [1.82, 2.24) is 15.2 Å². The summed E-state index contributed by atoms with van der Waals surface area (Å²) in [5.41, 5.74) is -5.55. The summed E-state index contributed by atoms with van der Waals surface area (Å²) in [6.07, 6.45) is -0.800. The third kappa shape index (κ3) is 9.08. The number of β-lactam (4-membered cyclic amide) rings is 1. The first kappa shape index (κ1) is 49.2. The number of ether oxygens (including phenoxy) is 1. The van der Waals surface area contributed by atoms with Crippen LogP contribution >= 0.6 is 22.9 Å². The van der Waals surface area contributed by atoms with E-state index in [0.717, 1.165) is 40.0 Å². The number of carbonyl (C=O) groups is 3. The fourth-order valence-electron chi connectivity index (χ4n) is 9.01. The molecule has 19 heteroatoms. The van der Waals surface area contributed by atoms with Gasteiger partial charge in [0.2, 0.25) is 5.60 Å². The van der Waals surface area contributed by atoms with Crippen molar-refractivity contribution in [2.75, 3.05) is 12.4 Å². The van der Waals surface area contributed by atoms with E-state index < -0.39 is 80.2 Å². The van der Waals surface area contributed by atoms with Crippen LogP contribution in [0.5, 0.6) is 0 Å². The maximum Gasteiger partial charge on any atom is 0.534 e. The Kier molecular flexibility index (Phi) is 13.8. The molecule has 0 spiro atoms. The number of oxime groups is 1. The third-order valence-corrected chi connectivity index (χ3v) is 14.5. The molecule has 0 saturated carbocycles. The predicted molar refractivity (Wildman–Crippen MR) is 264 cm³/mol. The smallest absolute Gasteiger partial charge is 0.464 e. The van der Waals surface area contributed by atoms with Gasteiger partial charge in [0.25, 0.3) is 11.8 Å². The van der Waals surface area contributed by atoms with Gasteiger partial charge in [0.05, 0.1) is 13.2 Å². The lowest BCUT2D eigenvalue weighted by Gasteiger charge is -2.49. The number of aromatic nitrogens is 1. The molecule has 2 atom stereocenters. The lowest BCUT2D eigenvalue weighted by Crippen LogP contribution is -2.72. The average molecular weight is 1030 g/mol. The Hall–Kier alpha value is -7.80. The second-order valence-corrected chi connectivity index (χ2v) is 19.6. The van der Waals surface area contributed by atoms with Crippen LogP contribution in [0.15, 0.2) is 199 Å². The number of amides is 2. The number of nitrogens with one attached hydrogen (secondary N) is 2. The van der Waals surface area contributed by atoms with Gasteiger partial charge in [0.15, 0.2) is 22.3 Å². The number of fused-ring (bicyclic) bond motifs is 1. The SMILES string of the molecule is COC(=O)C1=C(OS(=O)(=O)C(F)(F)F)CC[C@@H]2[C@H](NC(=O)C(=NOC(c3ccccc3)(c3ccccc3)c3ccccc3)c3nc(NC(c4ccccc4)(c4ccccc4)c4ccccc4)sc3Cl)C(=O)N12. The van der Waals surface area contributed by atoms with Crippen molar-refractivity contribution < 1.29 is 49.7 Å². The first-order valence-corrected chi connectivity index (χ1v) is 24.8. The number of allylic oxidation sites excluding steroid dienone is 1. The van der Waals surface area contributed by atoms with Gasteiger partial charge in [-0.1, -0.05) is 210 Å². The molecule has 0 radical (unpaired) electrons. The number of methoxy groups -OCH3 is 1. The number of nitrogens with zero attached hydrogens (tertiary/aromatic N) is 3. The highest BCUT2D eigenvalue weighted by Crippen LogP contribution is 2.45. The van der Waals surface area contributed by atoms with Gasteiger partial charge in [-0.2, -0.15) is 21.6 Å². The number of hydrogen-bond acceptors (Lipinski definition) is 12. The van der Waals surface area contributed by atoms with E-state index in [1.165, 1.54) is 0 Å². The fraction of sp³-hybridized carbons (Fsp3) is 0.151. The molecule has 0 aliphatic carbocycles. The Morgan fingerprint density at radius 2 is 1.15 bits per heavy atom. The molecule has 2 N–H and O–H groups in total. The van der Waals surface area contributed by atoms with E-state index in [4.69, 9.17) is 26.2 Å². The molecule has 2 aliphatic heterocycles. The quantitative estimate of drug-likeness (QED) is 0.0181. The number of esters is 1. The number of alkyl halides is 3. The number of halogens is 4. The molecule has 1 aromatic heterocycles. The van der Waals surface area contributed by atoms with Crippen LogP contribution in [-0.4, -0.2) is 66.5 Å². The van der Waals surface area contributed by atoms with Crippen molar-refractivity contribution in [1.29, 1.82) is 0 Å². The van der Waals surface area contributed by atoms with Crippen LogP contribution in [0.2, 0.25) is 4.34 Å². The number of benzene rings is 6. The third-order valence-electron chi connectivity index (χ3n) is 12.3. The number of hydrogen-bond donors (Lipinski definition) is 2. The molecule has 6 aromatic carbocycles. The zero-order valence-electron chi connectivity index (χ0n) is 37.8. The molecule has 1 saturated heterocycles. The summed E-state index contributed by atoms with van der Waals surface area (Å²) < 4.78 is 73.6. The van der Waals surface area contributed by atoms with Gasteiger partial charge in [-0.05, 0) is 23.1 Å². The van der Waals surface area contributed by atoms with Gasteiger partial charge in [-0.25, -0.2) is 9.78 Å². The van der Waals surface area contributed by atoms with Crippen molar-refractivity contribution in [3.05, 3.63) is 237 Å². The maximum atomic E-state index is 15.1. The van der Waals surface area contributed by atoms with Crippen molar-refractivity contribution >= 4 is 61.7 Å². The molecule has 72 heavy (non-hydrogen) atoms. The molecular formula is C53H41ClF3N5O8S2. The molecule has 0 unspecified atom stereocenters. The van der Waals surface area contributed by atoms with Gasteiger partial charge in [0, 0.05) is 23.1 Å². The topological polar surface area (TPSA) is 166 Å². The summed E-state index contributed by atoms with van der Waals surface area (Å²) in [4.78, 5) is 54.7. The van der Waals surface area contributed by atoms with Crippen molar-refractivity contribution in [2.45, 2.75) is 41.6 Å². The molecule has 0 bridgehead atoms. The monoisotopic (exact) mass is 1030 g/mol. The van der Waals surface area contributed by atoms with Crippen LogP contribution < -0.4 is 10.6 Å². The molecule has 3 heterocycles. The highest BCUT2D eigenvalue weighted by molar-refractivity contribution is 7.87. The minimum absolute atomic E-state index is 0.00868. The van der Waals surface area contributed by atoms with Crippen LogP contribution in [-0.2, 0) is 49.4 Å². The number of rotatable bonds is 16. The lowest BCUT2D eigenvalue weighted by atomic mass is 9.77. The van der Waals surface area contributed by atoms with Crippen LogP contribution in [0.25, 0.3) is 0 Å². The molecule has 2 amide bonds. The Bertz CT molecular complexity index is 3090. The van der Waals surface area contributed by atoms with E-state index in [9.17, 15) is 31.2 Å². The van der Waals surface area contributed by atoms with E-state index in [1.807, 2.05) is 182 Å². The van der Waals surface area contributed by atoms with Crippen molar-refractivity contribution in [3.63, 3.8) is 0 Å². The van der Waals surface area contributed by atoms with Crippen LogP contribution in [0.3, 0.4) is 0 Å². The average Bonchev–Trinajstić information content (AvgIpc) is 3.77. The fourth-order valence-corrected chi connectivity index (χ4v) is 10.6. The summed E-state index contributed by atoms with van der Waals surface area (Å²) in [5, 5.41) is 11.2. The van der Waals surface area contributed by atoms with Crippen LogP contribution in [0.4, 0.5) is 18.3 Å². The van der Waals surface area contributed by atoms with E-state index >= 15 is 4.79 Å². The van der Waals surface area contributed by atoms with E-state index in [0.29, 0.717) is 16.7 Å². The summed E-state index contributed by atoms with van der Waals surface area (Å²) >= 11 is 8.18. The lowest BCUT2D eigenvalue weighted by molar-refractivity contribution is -0.157. The van der Waals surface area contributed by atoms with Crippen LogP contribution in [0, 0.1) is 0 Å². The Balaban J connectivity index is 1.17. The summed E-state index contributed by atoms with van der Waals surface area (Å²) in [5.74, 6) is -4.29. The maximum absolute atomic E-state index is 15.1. The van der Waals surface area contributed by atoms with E-state index in [2.05, 4.69) is 20.0 Å². The normalized spacial score (nSPS) is 16.3. The van der Waals surface area contributed by atoms with Gasteiger partial charge in [0.1, 0.15) is 21.6 Å². The van der Waals surface area contributed by atoms with Crippen molar-refractivity contribution in [2.24, 2.45) is 5.16 Å². The number of carbonyl (C=O) groups excluding carboxylic acids is 3. The second-order valence-electron chi connectivity index (χ2n) is 16.4. The highest BCUT2D eigenvalue weighted by atomic mass is 35.5. The first-order chi connectivity index (χ1) is 34.7. The van der Waals surface area contributed by atoms with Crippen molar-refractivity contribution in [3.8, 4) is 0 Å². The number of thiazole rings is 1. The summed E-state index contributed by atoms with van der Waals surface area (Å²) in [6.45, 7) is 0. The Labute approximate surface area is 420 Å². The minimum Gasteiger partial charge on any atom is -0.464 e. The van der Waals surface area contributed by atoms with Gasteiger partial charge >= 0.3 is 21.6 Å². The van der Waals surface area contributed by atoms with E-state index in [-0.39, 0.29) is 21.6 Å². The molecule has 13 nitrogen and oxygen atoms in total.